The van der Waals surface area contributed by atoms with Gasteiger partial charge in [0.1, 0.15) is 0 Å². The average molecular weight is 188 g/mol. The molecule has 0 heterocycles. The van der Waals surface area contributed by atoms with Crippen LogP contribution in [0.4, 0.5) is 0 Å². The van der Waals surface area contributed by atoms with E-state index < -0.39 is 23.8 Å². The van der Waals surface area contributed by atoms with Gasteiger partial charge >= 0.3 is 59.1 Å². The van der Waals surface area contributed by atoms with Gasteiger partial charge in [-0.05, 0) is 24.7 Å². The number of hydrogen-bond donors (Lipinski definition) is 0. The molecular formula is C6H6Na2O4. The molecule has 6 heteroatoms. The third-order valence-electron chi connectivity index (χ3n) is 1.80. The predicted octanol–water partition coefficient (Wildman–Crippen LogP) is -8.48. The fourth-order valence-corrected chi connectivity index (χ4v) is 1.00. The van der Waals surface area contributed by atoms with Crippen LogP contribution in [0.3, 0.4) is 0 Å². The van der Waals surface area contributed by atoms with Crippen LogP contribution in [-0.2, 0) is 9.59 Å². The monoisotopic (exact) mass is 188 g/mol. The smallest absolute Gasteiger partial charge is 0.550 e. The van der Waals surface area contributed by atoms with E-state index in [9.17, 15) is 19.8 Å². The first-order chi connectivity index (χ1) is 4.61. The van der Waals surface area contributed by atoms with Crippen LogP contribution in [0.25, 0.3) is 0 Å². The van der Waals surface area contributed by atoms with Crippen LogP contribution in [0, 0.1) is 11.8 Å². The summed E-state index contributed by atoms with van der Waals surface area (Å²) in [6, 6.07) is 0. The predicted molar refractivity (Wildman–Crippen MR) is 26.2 cm³/mol. The number of carboxylic acid groups (broad SMARTS) is 2. The van der Waals surface area contributed by atoms with Crippen molar-refractivity contribution in [3.8, 4) is 0 Å². The molecule has 1 aliphatic carbocycles. The Morgan fingerprint density at radius 2 is 1.17 bits per heavy atom. The number of carboxylic acids is 2. The van der Waals surface area contributed by atoms with E-state index in [0.717, 1.165) is 0 Å². The van der Waals surface area contributed by atoms with Crippen molar-refractivity contribution in [2.75, 3.05) is 0 Å². The maximum absolute atomic E-state index is 10.0. The fourth-order valence-electron chi connectivity index (χ4n) is 1.00. The molecule has 0 bridgehead atoms. The standard InChI is InChI=1S/C6H8O4.2Na/c7-5(8)3-1-4(2-3)6(9)10;;/h3-4H,1-2H2,(H,7,8)(H,9,10);;/q;2*+1/p-2/t3-,4-;;. The van der Waals surface area contributed by atoms with Crippen molar-refractivity contribution in [2.24, 2.45) is 11.8 Å². The largest absolute Gasteiger partial charge is 1.00 e. The van der Waals surface area contributed by atoms with Gasteiger partial charge in [-0.1, -0.05) is 0 Å². The molecule has 0 aliphatic heterocycles. The summed E-state index contributed by atoms with van der Waals surface area (Å²) in [6.07, 6.45) is 0.343. The quantitative estimate of drug-likeness (QED) is 0.403. The number of hydrogen-bond acceptors (Lipinski definition) is 4. The van der Waals surface area contributed by atoms with E-state index in [4.69, 9.17) is 0 Å². The Bertz CT molecular complexity index is 158. The van der Waals surface area contributed by atoms with Crippen molar-refractivity contribution in [3.05, 3.63) is 0 Å². The molecule has 1 aliphatic rings. The second-order valence-corrected chi connectivity index (χ2v) is 2.50. The molecule has 56 valence electrons. The fraction of sp³-hybridized carbons (Fsp3) is 0.667. The normalized spacial score (nSPS) is 25.7. The van der Waals surface area contributed by atoms with Crippen LogP contribution in [0.5, 0.6) is 0 Å². The zero-order valence-electron chi connectivity index (χ0n) is 7.20. The van der Waals surface area contributed by atoms with Gasteiger partial charge in [0.2, 0.25) is 0 Å². The first-order valence-electron chi connectivity index (χ1n) is 3.03. The summed E-state index contributed by atoms with van der Waals surface area (Å²) in [6.45, 7) is 0. The molecule has 0 aromatic heterocycles. The van der Waals surface area contributed by atoms with E-state index >= 15 is 0 Å². The van der Waals surface area contributed by atoms with Gasteiger partial charge in [0.15, 0.2) is 0 Å². The average Bonchev–Trinajstić information content (AvgIpc) is 1.56. The summed E-state index contributed by atoms with van der Waals surface area (Å²) < 4.78 is 0. The van der Waals surface area contributed by atoms with E-state index in [1.54, 1.807) is 0 Å². The minimum Gasteiger partial charge on any atom is -0.550 e. The summed E-state index contributed by atoms with van der Waals surface area (Å²) in [5.74, 6) is -3.44. The molecule has 4 nitrogen and oxygen atoms in total. The number of carbonyl (C=O) groups excluding carboxylic acids is 2. The van der Waals surface area contributed by atoms with Crippen LogP contribution < -0.4 is 69.3 Å². The van der Waals surface area contributed by atoms with Gasteiger partial charge in [0, 0.05) is 11.9 Å². The van der Waals surface area contributed by atoms with Crippen molar-refractivity contribution < 1.29 is 78.9 Å². The maximum Gasteiger partial charge on any atom is 1.00 e. The Morgan fingerprint density at radius 1 is 0.917 bits per heavy atom. The van der Waals surface area contributed by atoms with E-state index in [0.29, 0.717) is 0 Å². The molecule has 0 radical (unpaired) electrons. The Balaban J connectivity index is 0. The van der Waals surface area contributed by atoms with Crippen LogP contribution in [0.1, 0.15) is 12.8 Å². The second kappa shape index (κ2) is 6.40. The first-order valence-corrected chi connectivity index (χ1v) is 3.03. The van der Waals surface area contributed by atoms with E-state index in [-0.39, 0.29) is 72.0 Å². The van der Waals surface area contributed by atoms with Crippen LogP contribution in [0.2, 0.25) is 0 Å². The molecule has 1 rings (SSSR count). The van der Waals surface area contributed by atoms with Gasteiger partial charge in [0.05, 0.1) is 0 Å². The molecule has 0 spiro atoms. The molecule has 0 N–H and O–H groups in total. The number of aliphatic carboxylic acids is 2. The molecule has 1 fully saturated rings. The van der Waals surface area contributed by atoms with Crippen molar-refractivity contribution in [2.45, 2.75) is 12.8 Å². The summed E-state index contributed by atoms with van der Waals surface area (Å²) in [5, 5.41) is 20.1. The third-order valence-corrected chi connectivity index (χ3v) is 1.80. The molecule has 12 heavy (non-hydrogen) atoms. The van der Waals surface area contributed by atoms with E-state index in [1.165, 1.54) is 0 Å². The Labute approximate surface area is 114 Å². The Kier molecular flexibility index (Phi) is 8.22. The zero-order valence-corrected chi connectivity index (χ0v) is 11.2. The van der Waals surface area contributed by atoms with Gasteiger partial charge in [-0.25, -0.2) is 0 Å². The van der Waals surface area contributed by atoms with Crippen LogP contribution >= 0.6 is 0 Å². The molecule has 1 saturated carbocycles. The van der Waals surface area contributed by atoms with Crippen LogP contribution in [-0.4, -0.2) is 11.9 Å². The van der Waals surface area contributed by atoms with Gasteiger partial charge in [0.25, 0.3) is 0 Å². The molecule has 0 amide bonds. The third kappa shape index (κ3) is 3.77. The van der Waals surface area contributed by atoms with Gasteiger partial charge in [-0.2, -0.15) is 0 Å². The van der Waals surface area contributed by atoms with Crippen molar-refractivity contribution in [3.63, 3.8) is 0 Å². The first kappa shape index (κ1) is 15.4. The summed E-state index contributed by atoms with van der Waals surface area (Å²) >= 11 is 0. The Hall–Kier alpha value is 0.940. The van der Waals surface area contributed by atoms with E-state index in [1.807, 2.05) is 0 Å². The molecule has 0 atom stereocenters. The molecule has 0 unspecified atom stereocenters. The van der Waals surface area contributed by atoms with Gasteiger partial charge in [-0.15, -0.1) is 0 Å². The number of rotatable bonds is 2. The number of carbonyl (C=O) groups is 2. The van der Waals surface area contributed by atoms with Crippen molar-refractivity contribution in [1.82, 2.24) is 0 Å². The van der Waals surface area contributed by atoms with E-state index in [2.05, 4.69) is 0 Å². The van der Waals surface area contributed by atoms with Crippen LogP contribution in [0.15, 0.2) is 0 Å². The topological polar surface area (TPSA) is 80.3 Å². The second-order valence-electron chi connectivity index (χ2n) is 2.50. The molecule has 0 aromatic rings. The van der Waals surface area contributed by atoms with Gasteiger partial charge < -0.3 is 19.8 Å². The minimum atomic E-state index is -1.16. The zero-order chi connectivity index (χ0) is 7.72. The van der Waals surface area contributed by atoms with Crippen molar-refractivity contribution in [1.29, 1.82) is 0 Å². The van der Waals surface area contributed by atoms with Crippen molar-refractivity contribution >= 4 is 11.9 Å². The molecule has 0 saturated heterocycles. The Morgan fingerprint density at radius 3 is 1.33 bits per heavy atom. The molecule has 0 aromatic carbocycles. The SMILES string of the molecule is O=C([O-])[C@H]1C[C@H](C(=O)[O-])C1.[Na+].[Na+]. The summed E-state index contributed by atoms with van der Waals surface area (Å²) in [5.41, 5.74) is 0. The maximum atomic E-state index is 10.0. The van der Waals surface area contributed by atoms with Gasteiger partial charge in [-0.3, -0.25) is 0 Å². The minimum absolute atomic E-state index is 0. The molecular weight excluding hydrogens is 182 g/mol. The summed E-state index contributed by atoms with van der Waals surface area (Å²) in [4.78, 5) is 20.1. The summed E-state index contributed by atoms with van der Waals surface area (Å²) in [7, 11) is 0.